The normalized spacial score (nSPS) is 10.8. The maximum Gasteiger partial charge on any atom is 0.185 e. The van der Waals surface area contributed by atoms with E-state index in [1.54, 1.807) is 11.3 Å². The molecular weight excluding hydrogens is 256 g/mol. The van der Waals surface area contributed by atoms with Gasteiger partial charge in [0.1, 0.15) is 0 Å². The van der Waals surface area contributed by atoms with Crippen molar-refractivity contribution in [1.82, 2.24) is 4.98 Å². The van der Waals surface area contributed by atoms with E-state index in [2.05, 4.69) is 37.9 Å². The van der Waals surface area contributed by atoms with Crippen molar-refractivity contribution in [3.63, 3.8) is 0 Å². The molecule has 0 aliphatic rings. The molecule has 0 bridgehead atoms. The molecule has 0 saturated carbocycles. The van der Waals surface area contributed by atoms with Crippen LogP contribution < -0.4 is 4.90 Å². The van der Waals surface area contributed by atoms with E-state index < -0.39 is 0 Å². The van der Waals surface area contributed by atoms with E-state index in [9.17, 15) is 5.11 Å². The van der Waals surface area contributed by atoms with Crippen LogP contribution in [0.5, 0.6) is 0 Å². The standard InChI is InChI=1S/C15H20N2OS/c1-9-6-10(2)13(11(3)7-9)14-12(8-18)19-15(16-14)17(4)5/h6-7,18H,8H2,1-5H3. The fourth-order valence-corrected chi connectivity index (χ4v) is 3.24. The number of nitrogens with zero attached hydrogens (tertiary/aromatic N) is 2. The van der Waals surface area contributed by atoms with Gasteiger partial charge in [-0.1, -0.05) is 29.0 Å². The maximum atomic E-state index is 9.56. The van der Waals surface area contributed by atoms with Crippen LogP contribution >= 0.6 is 11.3 Å². The lowest BCUT2D eigenvalue weighted by Crippen LogP contribution is -2.07. The van der Waals surface area contributed by atoms with Gasteiger partial charge in [0.25, 0.3) is 0 Å². The highest BCUT2D eigenvalue weighted by molar-refractivity contribution is 7.16. The third kappa shape index (κ3) is 2.65. The van der Waals surface area contributed by atoms with Gasteiger partial charge >= 0.3 is 0 Å². The first-order valence-electron chi connectivity index (χ1n) is 6.30. The largest absolute Gasteiger partial charge is 0.391 e. The summed E-state index contributed by atoms with van der Waals surface area (Å²) in [5.74, 6) is 0. The minimum Gasteiger partial charge on any atom is -0.391 e. The maximum absolute atomic E-state index is 9.56. The first-order valence-corrected chi connectivity index (χ1v) is 7.11. The highest BCUT2D eigenvalue weighted by Gasteiger charge is 2.17. The Hall–Kier alpha value is -1.39. The van der Waals surface area contributed by atoms with Crippen LogP contribution in [0.25, 0.3) is 11.3 Å². The van der Waals surface area contributed by atoms with Crippen LogP contribution in [0.15, 0.2) is 12.1 Å². The van der Waals surface area contributed by atoms with E-state index in [4.69, 9.17) is 0 Å². The van der Waals surface area contributed by atoms with Crippen molar-refractivity contribution in [2.24, 2.45) is 0 Å². The fourth-order valence-electron chi connectivity index (χ4n) is 2.39. The highest BCUT2D eigenvalue weighted by Crippen LogP contribution is 2.36. The van der Waals surface area contributed by atoms with Gasteiger partial charge in [-0.15, -0.1) is 0 Å². The zero-order chi connectivity index (χ0) is 14.2. The molecule has 0 fully saturated rings. The number of aromatic nitrogens is 1. The summed E-state index contributed by atoms with van der Waals surface area (Å²) < 4.78 is 0. The topological polar surface area (TPSA) is 36.4 Å². The second-order valence-electron chi connectivity index (χ2n) is 5.09. The van der Waals surface area contributed by atoms with E-state index in [-0.39, 0.29) is 6.61 Å². The first-order chi connectivity index (χ1) is 8.93. The summed E-state index contributed by atoms with van der Waals surface area (Å²) >= 11 is 1.55. The predicted molar refractivity (Wildman–Crippen MR) is 82.0 cm³/mol. The number of hydrogen-bond acceptors (Lipinski definition) is 4. The summed E-state index contributed by atoms with van der Waals surface area (Å²) in [6.45, 7) is 6.34. The Labute approximate surface area is 118 Å². The quantitative estimate of drug-likeness (QED) is 0.934. The summed E-state index contributed by atoms with van der Waals surface area (Å²) in [7, 11) is 3.94. The van der Waals surface area contributed by atoms with Crippen LogP contribution in [-0.4, -0.2) is 24.2 Å². The summed E-state index contributed by atoms with van der Waals surface area (Å²) in [5, 5.41) is 10.5. The van der Waals surface area contributed by atoms with Crippen LogP contribution in [0.2, 0.25) is 0 Å². The lowest BCUT2D eigenvalue weighted by molar-refractivity contribution is 0.286. The molecule has 1 aromatic carbocycles. The molecule has 4 heteroatoms. The molecule has 0 atom stereocenters. The third-order valence-electron chi connectivity index (χ3n) is 3.13. The SMILES string of the molecule is Cc1cc(C)c(-c2nc(N(C)C)sc2CO)c(C)c1. The Balaban J connectivity index is 2.64. The molecule has 0 amide bonds. The van der Waals surface area contributed by atoms with Gasteiger partial charge in [-0.05, 0) is 31.9 Å². The van der Waals surface area contributed by atoms with Crippen LogP contribution in [0.1, 0.15) is 21.6 Å². The highest BCUT2D eigenvalue weighted by atomic mass is 32.1. The number of anilines is 1. The van der Waals surface area contributed by atoms with Crippen molar-refractivity contribution < 1.29 is 5.11 Å². The average molecular weight is 276 g/mol. The summed E-state index contributed by atoms with van der Waals surface area (Å²) in [5.41, 5.74) is 5.75. The van der Waals surface area contributed by atoms with Crippen LogP contribution in [0, 0.1) is 20.8 Å². The monoisotopic (exact) mass is 276 g/mol. The summed E-state index contributed by atoms with van der Waals surface area (Å²) in [6.07, 6.45) is 0. The molecule has 0 aliphatic heterocycles. The van der Waals surface area contributed by atoms with Gasteiger partial charge in [0.15, 0.2) is 5.13 Å². The van der Waals surface area contributed by atoms with Gasteiger partial charge in [-0.25, -0.2) is 4.98 Å². The number of aliphatic hydroxyl groups excluding tert-OH is 1. The van der Waals surface area contributed by atoms with Gasteiger partial charge in [0.2, 0.25) is 0 Å². The number of benzene rings is 1. The van der Waals surface area contributed by atoms with Crippen LogP contribution in [0.4, 0.5) is 5.13 Å². The van der Waals surface area contributed by atoms with E-state index in [0.717, 1.165) is 21.3 Å². The molecule has 0 aliphatic carbocycles. The summed E-state index contributed by atoms with van der Waals surface area (Å²) in [4.78, 5) is 7.59. The van der Waals surface area contributed by atoms with E-state index in [1.165, 1.54) is 16.7 Å². The summed E-state index contributed by atoms with van der Waals surface area (Å²) in [6, 6.07) is 4.33. The van der Waals surface area contributed by atoms with Gasteiger partial charge in [-0.3, -0.25) is 0 Å². The Morgan fingerprint density at radius 3 is 2.21 bits per heavy atom. The minimum absolute atomic E-state index is 0.0353. The van der Waals surface area contributed by atoms with E-state index >= 15 is 0 Å². The molecule has 19 heavy (non-hydrogen) atoms. The van der Waals surface area contributed by atoms with Gasteiger partial charge in [-0.2, -0.15) is 0 Å². The van der Waals surface area contributed by atoms with Crippen molar-refractivity contribution in [3.05, 3.63) is 33.7 Å². The molecule has 1 heterocycles. The molecule has 1 N–H and O–H groups in total. The van der Waals surface area contributed by atoms with Crippen molar-refractivity contribution in [2.75, 3.05) is 19.0 Å². The number of hydrogen-bond donors (Lipinski definition) is 1. The molecule has 0 unspecified atom stereocenters. The first kappa shape index (κ1) is 14.0. The minimum atomic E-state index is 0.0353. The Bertz CT molecular complexity index is 579. The fraction of sp³-hybridized carbons (Fsp3) is 0.400. The Morgan fingerprint density at radius 1 is 1.16 bits per heavy atom. The van der Waals surface area contributed by atoms with Crippen molar-refractivity contribution in [2.45, 2.75) is 27.4 Å². The average Bonchev–Trinajstić information content (AvgIpc) is 2.71. The van der Waals surface area contributed by atoms with Gasteiger partial charge in [0, 0.05) is 19.7 Å². The third-order valence-corrected chi connectivity index (χ3v) is 4.33. The molecule has 102 valence electrons. The molecule has 3 nitrogen and oxygen atoms in total. The smallest absolute Gasteiger partial charge is 0.185 e. The molecular formula is C15H20N2OS. The zero-order valence-electron chi connectivity index (χ0n) is 12.1. The van der Waals surface area contributed by atoms with Gasteiger partial charge in [0.05, 0.1) is 17.2 Å². The van der Waals surface area contributed by atoms with Crippen LogP contribution in [0.3, 0.4) is 0 Å². The second kappa shape index (κ2) is 5.31. The molecule has 0 saturated heterocycles. The van der Waals surface area contributed by atoms with Crippen LogP contribution in [-0.2, 0) is 6.61 Å². The number of rotatable bonds is 3. The molecule has 1 aromatic heterocycles. The molecule has 2 rings (SSSR count). The second-order valence-corrected chi connectivity index (χ2v) is 6.16. The van der Waals surface area contributed by atoms with E-state index in [1.807, 2.05) is 19.0 Å². The number of aliphatic hydroxyl groups is 1. The van der Waals surface area contributed by atoms with Crippen molar-refractivity contribution in [1.29, 1.82) is 0 Å². The Kier molecular flexibility index (Phi) is 3.92. The Morgan fingerprint density at radius 2 is 1.74 bits per heavy atom. The molecule has 2 aromatic rings. The lowest BCUT2D eigenvalue weighted by Gasteiger charge is -2.10. The predicted octanol–water partition coefficient (Wildman–Crippen LogP) is 3.29. The number of aryl methyl sites for hydroxylation is 3. The zero-order valence-corrected chi connectivity index (χ0v) is 12.9. The van der Waals surface area contributed by atoms with E-state index in [0.29, 0.717) is 0 Å². The number of thiazole rings is 1. The molecule has 0 radical (unpaired) electrons. The molecule has 0 spiro atoms. The van der Waals surface area contributed by atoms with Gasteiger partial charge < -0.3 is 10.0 Å². The van der Waals surface area contributed by atoms with Crippen molar-refractivity contribution >= 4 is 16.5 Å². The van der Waals surface area contributed by atoms with Crippen molar-refractivity contribution in [3.8, 4) is 11.3 Å². The lowest BCUT2D eigenvalue weighted by atomic mass is 9.97.